The van der Waals surface area contributed by atoms with Crippen LogP contribution in [-0.2, 0) is 4.79 Å². The Labute approximate surface area is 117 Å². The van der Waals surface area contributed by atoms with Gasteiger partial charge in [-0.3, -0.25) is 9.59 Å². The molecule has 1 saturated heterocycles. The number of carbonyl (C=O) groups excluding carboxylic acids is 1. The maximum Gasteiger partial charge on any atom is 0.311 e. The number of amides is 1. The molecule has 1 amide bonds. The van der Waals surface area contributed by atoms with Crippen molar-refractivity contribution in [2.24, 2.45) is 5.41 Å². The van der Waals surface area contributed by atoms with Crippen molar-refractivity contribution in [3.8, 4) is 5.75 Å². The number of phenolic OH excluding ortho intramolecular Hbond substituents is 1. The molecule has 0 aliphatic carbocycles. The monoisotopic (exact) mass is 277 g/mol. The SMILES string of the molecule is CCC1(C(=O)O)CCCN(C(=O)c2ccc(O)cc2)C1. The molecule has 2 rings (SSSR count). The molecule has 1 fully saturated rings. The standard InChI is InChI=1S/C15H19NO4/c1-2-15(14(19)20)8-3-9-16(10-15)13(18)11-4-6-12(17)7-5-11/h4-7,17H,2-3,8-10H2,1H3,(H,19,20). The average Bonchev–Trinajstić information content (AvgIpc) is 2.47. The highest BCUT2D eigenvalue weighted by molar-refractivity contribution is 5.94. The fourth-order valence-electron chi connectivity index (χ4n) is 2.71. The van der Waals surface area contributed by atoms with Crippen LogP contribution >= 0.6 is 0 Å². The van der Waals surface area contributed by atoms with Gasteiger partial charge in [0.2, 0.25) is 0 Å². The number of piperidine rings is 1. The van der Waals surface area contributed by atoms with Crippen LogP contribution in [0.25, 0.3) is 0 Å². The lowest BCUT2D eigenvalue weighted by Gasteiger charge is -2.39. The van der Waals surface area contributed by atoms with Crippen molar-refractivity contribution < 1.29 is 19.8 Å². The molecule has 2 N–H and O–H groups in total. The van der Waals surface area contributed by atoms with Crippen LogP contribution in [0.2, 0.25) is 0 Å². The molecule has 108 valence electrons. The van der Waals surface area contributed by atoms with Crippen LogP contribution in [0.4, 0.5) is 0 Å². The van der Waals surface area contributed by atoms with E-state index in [0.29, 0.717) is 31.4 Å². The van der Waals surface area contributed by atoms with Gasteiger partial charge in [-0.15, -0.1) is 0 Å². The van der Waals surface area contributed by atoms with Gasteiger partial charge in [-0.1, -0.05) is 6.92 Å². The van der Waals surface area contributed by atoms with Crippen molar-refractivity contribution in [2.45, 2.75) is 26.2 Å². The predicted molar refractivity (Wildman–Crippen MR) is 73.6 cm³/mol. The van der Waals surface area contributed by atoms with Gasteiger partial charge in [-0.05, 0) is 43.5 Å². The number of hydrogen-bond acceptors (Lipinski definition) is 3. The van der Waals surface area contributed by atoms with Gasteiger partial charge in [-0.2, -0.15) is 0 Å². The summed E-state index contributed by atoms with van der Waals surface area (Å²) < 4.78 is 0. The number of aromatic hydroxyl groups is 1. The normalized spacial score (nSPS) is 22.6. The Morgan fingerprint density at radius 3 is 2.50 bits per heavy atom. The van der Waals surface area contributed by atoms with Crippen LogP contribution in [-0.4, -0.2) is 40.1 Å². The summed E-state index contributed by atoms with van der Waals surface area (Å²) in [4.78, 5) is 25.5. The summed E-state index contributed by atoms with van der Waals surface area (Å²) in [6, 6.07) is 6.03. The summed E-state index contributed by atoms with van der Waals surface area (Å²) in [5.41, 5.74) is -0.356. The summed E-state index contributed by atoms with van der Waals surface area (Å²) in [7, 11) is 0. The lowest BCUT2D eigenvalue weighted by Crippen LogP contribution is -2.49. The first-order chi connectivity index (χ1) is 9.48. The van der Waals surface area contributed by atoms with Gasteiger partial charge >= 0.3 is 5.97 Å². The molecule has 0 bridgehead atoms. The Kier molecular flexibility index (Phi) is 3.97. The molecule has 0 aromatic heterocycles. The van der Waals surface area contributed by atoms with Crippen LogP contribution < -0.4 is 0 Å². The molecule has 0 radical (unpaired) electrons. The predicted octanol–water partition coefficient (Wildman–Crippen LogP) is 2.11. The molecular formula is C15H19NO4. The fourth-order valence-corrected chi connectivity index (χ4v) is 2.71. The molecule has 1 aromatic carbocycles. The van der Waals surface area contributed by atoms with Gasteiger partial charge in [0.15, 0.2) is 0 Å². The number of benzene rings is 1. The van der Waals surface area contributed by atoms with Crippen molar-refractivity contribution in [1.29, 1.82) is 0 Å². The maximum atomic E-state index is 12.4. The number of nitrogens with zero attached hydrogens (tertiary/aromatic N) is 1. The zero-order valence-corrected chi connectivity index (χ0v) is 11.5. The highest BCUT2D eigenvalue weighted by Gasteiger charge is 2.42. The van der Waals surface area contributed by atoms with Crippen LogP contribution in [0, 0.1) is 5.41 Å². The van der Waals surface area contributed by atoms with E-state index in [-0.39, 0.29) is 18.2 Å². The van der Waals surface area contributed by atoms with Crippen LogP contribution in [0.5, 0.6) is 5.75 Å². The zero-order valence-electron chi connectivity index (χ0n) is 11.5. The molecule has 5 heteroatoms. The molecule has 1 aliphatic rings. The van der Waals surface area contributed by atoms with Crippen LogP contribution in [0.3, 0.4) is 0 Å². The number of phenols is 1. The second kappa shape index (κ2) is 5.53. The van der Waals surface area contributed by atoms with Crippen molar-refractivity contribution in [3.05, 3.63) is 29.8 Å². The molecule has 1 unspecified atom stereocenters. The van der Waals surface area contributed by atoms with Crippen LogP contribution in [0.15, 0.2) is 24.3 Å². The van der Waals surface area contributed by atoms with Gasteiger partial charge in [0.1, 0.15) is 5.75 Å². The smallest absolute Gasteiger partial charge is 0.311 e. The first-order valence-corrected chi connectivity index (χ1v) is 6.80. The van der Waals surface area contributed by atoms with Crippen molar-refractivity contribution in [3.63, 3.8) is 0 Å². The highest BCUT2D eigenvalue weighted by atomic mass is 16.4. The molecule has 0 saturated carbocycles. The molecule has 0 spiro atoms. The Morgan fingerprint density at radius 1 is 1.30 bits per heavy atom. The third kappa shape index (κ3) is 2.61. The van der Waals surface area contributed by atoms with E-state index in [4.69, 9.17) is 0 Å². The topological polar surface area (TPSA) is 77.8 Å². The van der Waals surface area contributed by atoms with Gasteiger partial charge < -0.3 is 15.1 Å². The third-order valence-electron chi connectivity index (χ3n) is 4.11. The Hall–Kier alpha value is -2.04. The van der Waals surface area contributed by atoms with E-state index >= 15 is 0 Å². The zero-order chi connectivity index (χ0) is 14.8. The van der Waals surface area contributed by atoms with E-state index in [9.17, 15) is 19.8 Å². The number of hydrogen-bond donors (Lipinski definition) is 2. The Morgan fingerprint density at radius 2 is 1.95 bits per heavy atom. The van der Waals surface area contributed by atoms with Gasteiger partial charge in [0.25, 0.3) is 5.91 Å². The summed E-state index contributed by atoms with van der Waals surface area (Å²) in [6.07, 6.45) is 1.82. The molecule has 1 aromatic rings. The van der Waals surface area contributed by atoms with Crippen molar-refractivity contribution >= 4 is 11.9 Å². The van der Waals surface area contributed by atoms with E-state index in [1.54, 1.807) is 17.0 Å². The van der Waals surface area contributed by atoms with E-state index in [2.05, 4.69) is 0 Å². The van der Waals surface area contributed by atoms with Crippen molar-refractivity contribution in [1.82, 2.24) is 4.90 Å². The van der Waals surface area contributed by atoms with E-state index in [1.165, 1.54) is 12.1 Å². The van der Waals surface area contributed by atoms with E-state index < -0.39 is 11.4 Å². The first-order valence-electron chi connectivity index (χ1n) is 6.80. The quantitative estimate of drug-likeness (QED) is 0.887. The molecule has 5 nitrogen and oxygen atoms in total. The average molecular weight is 277 g/mol. The second-order valence-electron chi connectivity index (χ2n) is 5.32. The number of rotatable bonds is 3. The molecule has 1 aliphatic heterocycles. The lowest BCUT2D eigenvalue weighted by molar-refractivity contribution is -0.152. The van der Waals surface area contributed by atoms with Crippen LogP contribution in [0.1, 0.15) is 36.5 Å². The molecular weight excluding hydrogens is 258 g/mol. The summed E-state index contributed by atoms with van der Waals surface area (Å²) in [5.74, 6) is -0.902. The minimum atomic E-state index is -0.830. The molecule has 20 heavy (non-hydrogen) atoms. The van der Waals surface area contributed by atoms with E-state index in [1.807, 2.05) is 6.92 Å². The fraction of sp³-hybridized carbons (Fsp3) is 0.467. The number of likely N-dealkylation sites (tertiary alicyclic amines) is 1. The Balaban J connectivity index is 2.18. The lowest BCUT2D eigenvalue weighted by atomic mass is 9.77. The molecule has 1 heterocycles. The summed E-state index contributed by atoms with van der Waals surface area (Å²) in [5, 5.41) is 18.7. The minimum Gasteiger partial charge on any atom is -0.508 e. The number of carboxylic acids is 1. The summed E-state index contributed by atoms with van der Waals surface area (Å²) >= 11 is 0. The number of carboxylic acid groups (broad SMARTS) is 1. The first kappa shape index (κ1) is 14.4. The maximum absolute atomic E-state index is 12.4. The second-order valence-corrected chi connectivity index (χ2v) is 5.32. The van der Waals surface area contributed by atoms with E-state index in [0.717, 1.165) is 0 Å². The van der Waals surface area contributed by atoms with Gasteiger partial charge in [0.05, 0.1) is 5.41 Å². The third-order valence-corrected chi connectivity index (χ3v) is 4.11. The van der Waals surface area contributed by atoms with Gasteiger partial charge in [-0.25, -0.2) is 0 Å². The van der Waals surface area contributed by atoms with Crippen molar-refractivity contribution in [2.75, 3.05) is 13.1 Å². The molecule has 1 atom stereocenters. The minimum absolute atomic E-state index is 0.105. The van der Waals surface area contributed by atoms with Gasteiger partial charge in [0, 0.05) is 18.7 Å². The number of aliphatic carboxylic acids is 1. The number of carbonyl (C=O) groups is 2. The Bertz CT molecular complexity index is 511. The summed E-state index contributed by atoms with van der Waals surface area (Å²) in [6.45, 7) is 2.68. The largest absolute Gasteiger partial charge is 0.508 e. The highest BCUT2D eigenvalue weighted by Crippen LogP contribution is 2.34.